The summed E-state index contributed by atoms with van der Waals surface area (Å²) in [6.45, 7) is 4.48. The third-order valence-corrected chi connectivity index (χ3v) is 5.72. The Labute approximate surface area is 195 Å². The Balaban J connectivity index is 1.33. The number of ether oxygens (including phenoxy) is 2. The van der Waals surface area contributed by atoms with E-state index in [-0.39, 0.29) is 12.5 Å². The Morgan fingerprint density at radius 2 is 1.88 bits per heavy atom. The summed E-state index contributed by atoms with van der Waals surface area (Å²) in [7, 11) is 0. The molecule has 0 aliphatic rings. The van der Waals surface area contributed by atoms with E-state index in [0.29, 0.717) is 23.1 Å². The lowest BCUT2D eigenvalue weighted by Gasteiger charge is -2.07. The molecule has 0 aliphatic carbocycles. The van der Waals surface area contributed by atoms with Crippen LogP contribution in [-0.2, 0) is 4.79 Å². The van der Waals surface area contributed by atoms with Crippen LogP contribution in [0.5, 0.6) is 11.5 Å². The number of aryl methyl sites for hydroxylation is 1. The van der Waals surface area contributed by atoms with Gasteiger partial charge in [-0.2, -0.15) is 0 Å². The molecule has 0 spiro atoms. The van der Waals surface area contributed by atoms with E-state index < -0.39 is 5.63 Å². The number of unbranched alkanes of at least 4 members (excludes halogenated alkanes) is 1. The van der Waals surface area contributed by atoms with Crippen LogP contribution in [0, 0.1) is 6.92 Å². The zero-order valence-corrected chi connectivity index (χ0v) is 19.2. The summed E-state index contributed by atoms with van der Waals surface area (Å²) in [4.78, 5) is 28.4. The Kier molecular flexibility index (Phi) is 7.04. The molecule has 2 heterocycles. The third kappa shape index (κ3) is 5.78. The van der Waals surface area contributed by atoms with Crippen molar-refractivity contribution in [2.24, 2.45) is 0 Å². The van der Waals surface area contributed by atoms with Gasteiger partial charge in [-0.3, -0.25) is 10.1 Å². The van der Waals surface area contributed by atoms with E-state index >= 15 is 0 Å². The van der Waals surface area contributed by atoms with Gasteiger partial charge in [-0.25, -0.2) is 9.78 Å². The predicted octanol–water partition coefficient (Wildman–Crippen LogP) is 5.42. The summed E-state index contributed by atoms with van der Waals surface area (Å²) < 4.78 is 16.5. The minimum Gasteiger partial charge on any atom is -0.494 e. The molecule has 0 radical (unpaired) electrons. The average Bonchev–Trinajstić information content (AvgIpc) is 3.26. The molecule has 2 aromatic heterocycles. The van der Waals surface area contributed by atoms with Crippen molar-refractivity contribution in [3.63, 3.8) is 0 Å². The van der Waals surface area contributed by atoms with Crippen LogP contribution in [0.3, 0.4) is 0 Å². The number of aromatic nitrogens is 1. The van der Waals surface area contributed by atoms with Gasteiger partial charge in [0.15, 0.2) is 11.7 Å². The number of nitrogens with one attached hydrogen (secondary N) is 1. The number of carbonyl (C=O) groups excluding carboxylic acids is 1. The SMILES string of the molecule is CCCCOc1ccc(-c2csc(NC(=O)COc3ccc4c(C)cc(=O)oc4c3)n2)cc1. The van der Waals surface area contributed by atoms with Crippen LogP contribution in [0.2, 0.25) is 0 Å². The first-order valence-electron chi connectivity index (χ1n) is 10.7. The van der Waals surface area contributed by atoms with E-state index in [0.717, 1.165) is 40.8 Å². The second-order valence-electron chi connectivity index (χ2n) is 7.51. The minimum atomic E-state index is -0.423. The number of hydrogen-bond acceptors (Lipinski definition) is 7. The van der Waals surface area contributed by atoms with Gasteiger partial charge < -0.3 is 13.9 Å². The van der Waals surface area contributed by atoms with Gasteiger partial charge in [-0.05, 0) is 55.3 Å². The summed E-state index contributed by atoms with van der Waals surface area (Å²) >= 11 is 1.34. The molecule has 0 fully saturated rings. The molecule has 4 rings (SSSR count). The Morgan fingerprint density at radius 1 is 1.09 bits per heavy atom. The van der Waals surface area contributed by atoms with Gasteiger partial charge >= 0.3 is 5.63 Å². The van der Waals surface area contributed by atoms with E-state index in [1.165, 1.54) is 17.4 Å². The van der Waals surface area contributed by atoms with E-state index in [1.807, 2.05) is 36.6 Å². The number of benzene rings is 2. The minimum absolute atomic E-state index is 0.194. The molecule has 4 aromatic rings. The molecule has 0 saturated carbocycles. The molecular weight excluding hydrogens is 440 g/mol. The van der Waals surface area contributed by atoms with Crippen LogP contribution < -0.4 is 20.4 Å². The lowest BCUT2D eigenvalue weighted by atomic mass is 10.1. The summed E-state index contributed by atoms with van der Waals surface area (Å²) in [5, 5.41) is 5.94. The van der Waals surface area contributed by atoms with Crippen molar-refractivity contribution < 1.29 is 18.7 Å². The first-order valence-corrected chi connectivity index (χ1v) is 11.6. The maximum absolute atomic E-state index is 12.3. The second kappa shape index (κ2) is 10.3. The van der Waals surface area contributed by atoms with E-state index in [9.17, 15) is 9.59 Å². The molecule has 0 aliphatic heterocycles. The van der Waals surface area contributed by atoms with Crippen molar-refractivity contribution in [2.45, 2.75) is 26.7 Å². The molecule has 0 saturated heterocycles. The highest BCUT2D eigenvalue weighted by Crippen LogP contribution is 2.27. The summed E-state index contributed by atoms with van der Waals surface area (Å²) in [6.07, 6.45) is 2.12. The van der Waals surface area contributed by atoms with E-state index in [4.69, 9.17) is 13.9 Å². The number of fused-ring (bicyclic) bond motifs is 1. The first-order chi connectivity index (χ1) is 16.0. The topological polar surface area (TPSA) is 90.7 Å². The number of rotatable bonds is 9. The van der Waals surface area contributed by atoms with Crippen LogP contribution in [-0.4, -0.2) is 24.1 Å². The summed E-state index contributed by atoms with van der Waals surface area (Å²) in [5.41, 5.74) is 2.54. The largest absolute Gasteiger partial charge is 0.494 e. The number of anilines is 1. The lowest BCUT2D eigenvalue weighted by Crippen LogP contribution is -2.20. The van der Waals surface area contributed by atoms with Gasteiger partial charge in [0.2, 0.25) is 0 Å². The Morgan fingerprint density at radius 3 is 2.67 bits per heavy atom. The summed E-state index contributed by atoms with van der Waals surface area (Å²) in [6, 6.07) is 14.3. The molecule has 7 nitrogen and oxygen atoms in total. The van der Waals surface area contributed by atoms with Crippen molar-refractivity contribution in [1.82, 2.24) is 4.98 Å². The fourth-order valence-electron chi connectivity index (χ4n) is 3.22. The fraction of sp³-hybridized carbons (Fsp3) is 0.240. The van der Waals surface area contributed by atoms with Gasteiger partial charge in [0.1, 0.15) is 17.1 Å². The number of carbonyl (C=O) groups is 1. The smallest absolute Gasteiger partial charge is 0.336 e. The Bertz CT molecular complexity index is 1310. The van der Waals surface area contributed by atoms with Crippen molar-refractivity contribution in [2.75, 3.05) is 18.5 Å². The fourth-order valence-corrected chi connectivity index (χ4v) is 3.96. The van der Waals surface area contributed by atoms with Gasteiger partial charge in [0.25, 0.3) is 5.91 Å². The molecule has 0 unspecified atom stereocenters. The highest BCUT2D eigenvalue weighted by molar-refractivity contribution is 7.14. The highest BCUT2D eigenvalue weighted by Gasteiger charge is 2.10. The standard InChI is InChI=1S/C25H24N2O5S/c1-3-4-11-30-18-7-5-17(6-8-18)21-15-33-25(26-21)27-23(28)14-31-19-9-10-20-16(2)12-24(29)32-22(20)13-19/h5-10,12-13,15H,3-4,11,14H2,1-2H3,(H,26,27,28). The lowest BCUT2D eigenvalue weighted by molar-refractivity contribution is -0.118. The van der Waals surface area contributed by atoms with Crippen LogP contribution in [0.1, 0.15) is 25.3 Å². The molecule has 0 bridgehead atoms. The zero-order valence-electron chi connectivity index (χ0n) is 18.4. The number of amides is 1. The van der Waals surface area contributed by atoms with Crippen LogP contribution in [0.15, 0.2) is 63.1 Å². The first kappa shape index (κ1) is 22.5. The second-order valence-corrected chi connectivity index (χ2v) is 8.37. The van der Waals surface area contributed by atoms with Gasteiger partial charge in [-0.1, -0.05) is 13.3 Å². The predicted molar refractivity (Wildman–Crippen MR) is 129 cm³/mol. The van der Waals surface area contributed by atoms with Gasteiger partial charge in [0, 0.05) is 28.5 Å². The third-order valence-electron chi connectivity index (χ3n) is 4.96. The summed E-state index contributed by atoms with van der Waals surface area (Å²) in [5.74, 6) is 0.935. The number of thiazole rings is 1. The van der Waals surface area contributed by atoms with E-state index in [2.05, 4.69) is 17.2 Å². The molecule has 2 aromatic carbocycles. The van der Waals surface area contributed by atoms with Crippen molar-refractivity contribution in [1.29, 1.82) is 0 Å². The molecule has 1 N–H and O–H groups in total. The van der Waals surface area contributed by atoms with Crippen LogP contribution in [0.4, 0.5) is 5.13 Å². The molecule has 170 valence electrons. The maximum Gasteiger partial charge on any atom is 0.336 e. The molecular formula is C25H24N2O5S. The Hall–Kier alpha value is -3.65. The van der Waals surface area contributed by atoms with Crippen molar-refractivity contribution >= 4 is 33.3 Å². The monoisotopic (exact) mass is 464 g/mol. The molecule has 33 heavy (non-hydrogen) atoms. The molecule has 1 amide bonds. The van der Waals surface area contributed by atoms with Crippen molar-refractivity contribution in [3.8, 4) is 22.8 Å². The zero-order chi connectivity index (χ0) is 23.2. The molecule has 0 atom stereocenters. The number of hydrogen-bond donors (Lipinski definition) is 1. The van der Waals surface area contributed by atoms with Gasteiger partial charge in [0.05, 0.1) is 12.3 Å². The normalized spacial score (nSPS) is 10.8. The average molecular weight is 465 g/mol. The molecule has 8 heteroatoms. The van der Waals surface area contributed by atoms with Crippen LogP contribution in [0.25, 0.3) is 22.2 Å². The van der Waals surface area contributed by atoms with Gasteiger partial charge in [-0.15, -0.1) is 11.3 Å². The number of nitrogens with zero attached hydrogens (tertiary/aromatic N) is 1. The highest BCUT2D eigenvalue weighted by atomic mass is 32.1. The van der Waals surface area contributed by atoms with Crippen LogP contribution >= 0.6 is 11.3 Å². The van der Waals surface area contributed by atoms with E-state index in [1.54, 1.807) is 18.2 Å². The van der Waals surface area contributed by atoms with Crippen molar-refractivity contribution in [3.05, 3.63) is 69.9 Å². The maximum atomic E-state index is 12.3. The quantitative estimate of drug-likeness (QED) is 0.263.